The number of methoxy groups -OCH3 is 1. The van der Waals surface area contributed by atoms with E-state index in [9.17, 15) is 5.11 Å². The van der Waals surface area contributed by atoms with Crippen molar-refractivity contribution in [2.24, 2.45) is 0 Å². The molecule has 0 radical (unpaired) electrons. The first-order valence-corrected chi connectivity index (χ1v) is 6.43. The van der Waals surface area contributed by atoms with E-state index in [1.165, 1.54) is 0 Å². The van der Waals surface area contributed by atoms with Crippen molar-refractivity contribution in [3.63, 3.8) is 0 Å². The third-order valence-corrected chi connectivity index (χ3v) is 3.99. The lowest BCUT2D eigenvalue weighted by molar-refractivity contribution is -0.0489. The Bertz CT molecular complexity index is 418. The predicted octanol–water partition coefficient (Wildman–Crippen LogP) is 0.123. The van der Waals surface area contributed by atoms with Crippen LogP contribution in [0.1, 0.15) is 11.8 Å². The van der Waals surface area contributed by atoms with E-state index in [0.29, 0.717) is 11.4 Å². The molecule has 5 nitrogen and oxygen atoms in total. The number of nitrogens with zero attached hydrogens (tertiary/aromatic N) is 3. The van der Waals surface area contributed by atoms with Crippen molar-refractivity contribution in [2.75, 3.05) is 39.8 Å². The van der Waals surface area contributed by atoms with E-state index in [2.05, 4.69) is 14.8 Å². The van der Waals surface area contributed by atoms with Gasteiger partial charge in [-0.25, -0.2) is 0 Å². The number of aromatic nitrogens is 1. The lowest BCUT2D eigenvalue weighted by atomic mass is 9.99. The smallest absolute Gasteiger partial charge is 0.143 e. The molecule has 2 bridgehead atoms. The summed E-state index contributed by atoms with van der Waals surface area (Å²) in [5, 5.41) is 10.6. The molecule has 5 heteroatoms. The van der Waals surface area contributed by atoms with Crippen LogP contribution < -0.4 is 4.74 Å². The molecular weight excluding hydrogens is 230 g/mol. The highest BCUT2D eigenvalue weighted by Gasteiger charge is 2.38. The zero-order chi connectivity index (χ0) is 12.5. The zero-order valence-electron chi connectivity index (χ0n) is 10.6. The molecule has 98 valence electrons. The summed E-state index contributed by atoms with van der Waals surface area (Å²) in [4.78, 5) is 9.05. The Morgan fingerprint density at radius 1 is 1.39 bits per heavy atom. The lowest BCUT2D eigenvalue weighted by Crippen LogP contribution is -2.62. The number of hydrogen-bond acceptors (Lipinski definition) is 5. The number of fused-ring (bicyclic) bond motifs is 3. The number of ether oxygens (including phenoxy) is 1. The Morgan fingerprint density at radius 3 is 2.78 bits per heavy atom. The van der Waals surface area contributed by atoms with E-state index in [1.807, 2.05) is 12.1 Å². The van der Waals surface area contributed by atoms with Crippen molar-refractivity contribution >= 4 is 0 Å². The lowest BCUT2D eigenvalue weighted by Gasteiger charge is -2.48. The maximum Gasteiger partial charge on any atom is 0.143 e. The van der Waals surface area contributed by atoms with E-state index in [0.717, 1.165) is 32.7 Å². The monoisotopic (exact) mass is 249 g/mol. The third-order valence-electron chi connectivity index (χ3n) is 3.99. The first kappa shape index (κ1) is 11.9. The van der Waals surface area contributed by atoms with Crippen molar-refractivity contribution in [2.45, 2.75) is 12.1 Å². The zero-order valence-corrected chi connectivity index (χ0v) is 10.6. The normalized spacial score (nSPS) is 32.2. The van der Waals surface area contributed by atoms with Gasteiger partial charge in [-0.3, -0.25) is 14.8 Å². The molecule has 2 atom stereocenters. The van der Waals surface area contributed by atoms with E-state index in [1.54, 1.807) is 13.3 Å². The molecule has 1 aromatic heterocycles. The highest BCUT2D eigenvalue weighted by atomic mass is 16.5. The second-order valence-electron chi connectivity index (χ2n) is 4.94. The van der Waals surface area contributed by atoms with Crippen molar-refractivity contribution < 1.29 is 9.84 Å². The Labute approximate surface area is 107 Å². The molecule has 18 heavy (non-hydrogen) atoms. The van der Waals surface area contributed by atoms with Crippen LogP contribution >= 0.6 is 0 Å². The van der Waals surface area contributed by atoms with Crippen molar-refractivity contribution in [3.8, 4) is 5.75 Å². The van der Waals surface area contributed by atoms with E-state index in [4.69, 9.17) is 4.74 Å². The molecule has 3 aliphatic rings. The topological polar surface area (TPSA) is 48.8 Å². The summed E-state index contributed by atoms with van der Waals surface area (Å²) in [5.74, 6) is 0.669. The number of rotatable bonds is 3. The Hall–Kier alpha value is -1.17. The van der Waals surface area contributed by atoms with Gasteiger partial charge in [-0.2, -0.15) is 0 Å². The van der Waals surface area contributed by atoms with Gasteiger partial charge < -0.3 is 9.84 Å². The van der Waals surface area contributed by atoms with Crippen molar-refractivity contribution in [1.29, 1.82) is 0 Å². The summed E-state index contributed by atoms with van der Waals surface area (Å²) in [6.45, 7) is 5.22. The van der Waals surface area contributed by atoms with Crippen molar-refractivity contribution in [1.82, 2.24) is 14.8 Å². The molecule has 1 aromatic rings. The average Bonchev–Trinajstić information content (AvgIpc) is 2.47. The largest absolute Gasteiger partial charge is 0.495 e. The van der Waals surface area contributed by atoms with Crippen LogP contribution in [0, 0.1) is 0 Å². The minimum atomic E-state index is -0.579. The van der Waals surface area contributed by atoms with Crippen LogP contribution in [0.15, 0.2) is 18.3 Å². The fourth-order valence-electron chi connectivity index (χ4n) is 2.94. The minimum absolute atomic E-state index is 0.135. The molecule has 0 aromatic carbocycles. The molecule has 0 aliphatic carbocycles. The van der Waals surface area contributed by atoms with Crippen LogP contribution in [-0.4, -0.2) is 65.8 Å². The quantitative estimate of drug-likeness (QED) is 0.825. The summed E-state index contributed by atoms with van der Waals surface area (Å²) in [6.07, 6.45) is 1.13. The van der Waals surface area contributed by atoms with Crippen LogP contribution in [0.3, 0.4) is 0 Å². The predicted molar refractivity (Wildman–Crippen MR) is 67.5 cm³/mol. The van der Waals surface area contributed by atoms with Crippen LogP contribution in [0.4, 0.5) is 0 Å². The summed E-state index contributed by atoms with van der Waals surface area (Å²) in [5.41, 5.74) is 0.652. The number of pyridine rings is 1. The summed E-state index contributed by atoms with van der Waals surface area (Å²) < 4.78 is 5.28. The SMILES string of the molecule is COc1cccnc1C(O)C1CN2CCN1CC2. The maximum atomic E-state index is 10.6. The van der Waals surface area contributed by atoms with Gasteiger partial charge in [-0.1, -0.05) is 0 Å². The van der Waals surface area contributed by atoms with Crippen molar-refractivity contribution in [3.05, 3.63) is 24.0 Å². The van der Waals surface area contributed by atoms with Gasteiger partial charge in [0.25, 0.3) is 0 Å². The van der Waals surface area contributed by atoms with E-state index in [-0.39, 0.29) is 6.04 Å². The summed E-state index contributed by atoms with van der Waals surface area (Å²) in [6, 6.07) is 3.81. The van der Waals surface area contributed by atoms with Gasteiger partial charge in [0.1, 0.15) is 17.5 Å². The van der Waals surface area contributed by atoms with Gasteiger partial charge in [0.15, 0.2) is 0 Å². The molecular formula is C13H19N3O2. The van der Waals surface area contributed by atoms with Gasteiger partial charge in [0, 0.05) is 38.9 Å². The van der Waals surface area contributed by atoms with Gasteiger partial charge in [0.2, 0.25) is 0 Å². The summed E-state index contributed by atoms with van der Waals surface area (Å²) >= 11 is 0. The van der Waals surface area contributed by atoms with Crippen LogP contribution in [0.25, 0.3) is 0 Å². The van der Waals surface area contributed by atoms with E-state index < -0.39 is 6.10 Å². The fourth-order valence-corrected chi connectivity index (χ4v) is 2.94. The Kier molecular flexibility index (Phi) is 3.20. The maximum absolute atomic E-state index is 10.6. The second-order valence-corrected chi connectivity index (χ2v) is 4.94. The molecule has 3 fully saturated rings. The molecule has 3 saturated heterocycles. The van der Waals surface area contributed by atoms with Gasteiger partial charge in [-0.15, -0.1) is 0 Å². The van der Waals surface area contributed by atoms with Gasteiger partial charge in [-0.05, 0) is 12.1 Å². The Morgan fingerprint density at radius 2 is 2.17 bits per heavy atom. The van der Waals surface area contributed by atoms with Crippen LogP contribution in [-0.2, 0) is 0 Å². The van der Waals surface area contributed by atoms with Gasteiger partial charge >= 0.3 is 0 Å². The molecule has 4 heterocycles. The number of hydrogen-bond donors (Lipinski definition) is 1. The molecule has 0 spiro atoms. The molecule has 0 amide bonds. The average molecular weight is 249 g/mol. The second kappa shape index (κ2) is 4.84. The van der Waals surface area contributed by atoms with Gasteiger partial charge in [0.05, 0.1) is 13.2 Å². The minimum Gasteiger partial charge on any atom is -0.495 e. The van der Waals surface area contributed by atoms with Crippen LogP contribution in [0.5, 0.6) is 5.75 Å². The summed E-state index contributed by atoms with van der Waals surface area (Å²) in [7, 11) is 1.62. The fraction of sp³-hybridized carbons (Fsp3) is 0.615. The number of piperazine rings is 3. The first-order chi connectivity index (χ1) is 8.79. The highest BCUT2D eigenvalue weighted by Crippen LogP contribution is 2.30. The Balaban J connectivity index is 1.83. The molecule has 4 rings (SSSR count). The highest BCUT2D eigenvalue weighted by molar-refractivity contribution is 5.29. The molecule has 2 unspecified atom stereocenters. The van der Waals surface area contributed by atoms with Crippen LogP contribution in [0.2, 0.25) is 0 Å². The molecule has 0 saturated carbocycles. The van der Waals surface area contributed by atoms with E-state index >= 15 is 0 Å². The standard InChI is InChI=1S/C13H19N3O2/c1-18-11-3-2-4-14-12(11)13(17)10-9-15-5-7-16(10)8-6-15/h2-4,10,13,17H,5-9H2,1H3. The molecule has 1 N–H and O–H groups in total. The number of aliphatic hydroxyl groups excluding tert-OH is 1. The molecule has 3 aliphatic heterocycles. The third kappa shape index (κ3) is 1.98. The first-order valence-electron chi connectivity index (χ1n) is 6.43. The number of aliphatic hydroxyl groups is 1.